The van der Waals surface area contributed by atoms with Crippen LogP contribution in [0.1, 0.15) is 52.4 Å². The molecule has 4 saturated carbocycles. The number of hydrogen-bond acceptors (Lipinski definition) is 5. The summed E-state index contributed by atoms with van der Waals surface area (Å²) >= 11 is 2.19. The summed E-state index contributed by atoms with van der Waals surface area (Å²) in [5, 5.41) is 23.6. The number of nitrogens with one attached hydrogen (secondary N) is 1. The zero-order valence-electron chi connectivity index (χ0n) is 21.7. The summed E-state index contributed by atoms with van der Waals surface area (Å²) in [5.41, 5.74) is 0.786. The maximum atomic E-state index is 13.7. The number of aliphatic hydroxyl groups is 2. The van der Waals surface area contributed by atoms with E-state index in [9.17, 15) is 19.8 Å². The van der Waals surface area contributed by atoms with Crippen molar-refractivity contribution in [1.29, 1.82) is 0 Å². The quantitative estimate of drug-likeness (QED) is 0.367. The predicted molar refractivity (Wildman–Crippen MR) is 149 cm³/mol. The summed E-state index contributed by atoms with van der Waals surface area (Å²) in [5.74, 6) is 2.23. The lowest BCUT2D eigenvalue weighted by Gasteiger charge is -2.61. The van der Waals surface area contributed by atoms with Gasteiger partial charge in [0.1, 0.15) is 18.0 Å². The van der Waals surface area contributed by atoms with E-state index >= 15 is 0 Å². The molecule has 0 radical (unpaired) electrons. The van der Waals surface area contributed by atoms with Crippen molar-refractivity contribution >= 4 is 34.4 Å². The monoisotopic (exact) mass is 622 g/mol. The molecule has 2 amide bonds. The molecule has 1 aromatic rings. The van der Waals surface area contributed by atoms with Crippen molar-refractivity contribution in [1.82, 2.24) is 10.2 Å². The smallest absolute Gasteiger partial charge is 0.247 e. The van der Waals surface area contributed by atoms with Crippen LogP contribution >= 0.6 is 22.6 Å². The number of fused-ring (bicyclic) bond motifs is 2. The number of rotatable bonds is 9. The Kier molecular flexibility index (Phi) is 7.90. The van der Waals surface area contributed by atoms with Crippen molar-refractivity contribution in [2.75, 3.05) is 19.7 Å². The van der Waals surface area contributed by atoms with Crippen LogP contribution in [-0.4, -0.2) is 64.9 Å². The molecule has 0 unspecified atom stereocenters. The van der Waals surface area contributed by atoms with E-state index in [0.29, 0.717) is 35.1 Å². The van der Waals surface area contributed by atoms with Crippen LogP contribution in [0.2, 0.25) is 0 Å². The van der Waals surface area contributed by atoms with Gasteiger partial charge in [-0.1, -0.05) is 26.0 Å². The number of halogens is 1. The number of ether oxygens (including phenoxy) is 1. The largest absolute Gasteiger partial charge is 0.482 e. The SMILES string of the molecule is CC1(C)[C@H]2CC[C@@H](CN(C(=O)C3CC3)[C@@H]3CC(C(=O)NCCO)=C[C@H](Oc4ccccc4I)[C@H]3O)[C@@H]1C2. The third-order valence-electron chi connectivity index (χ3n) is 9.36. The summed E-state index contributed by atoms with van der Waals surface area (Å²) in [4.78, 5) is 28.6. The Balaban J connectivity index is 1.43. The van der Waals surface area contributed by atoms with Gasteiger partial charge >= 0.3 is 0 Å². The molecule has 4 fully saturated rings. The van der Waals surface area contributed by atoms with Crippen molar-refractivity contribution in [3.8, 4) is 5.75 Å². The second-order valence-corrected chi connectivity index (χ2v) is 13.1. The number of nitrogens with zero attached hydrogens (tertiary/aromatic N) is 1. The van der Waals surface area contributed by atoms with Crippen LogP contribution in [-0.2, 0) is 9.59 Å². The number of hydrogen-bond donors (Lipinski definition) is 3. The van der Waals surface area contributed by atoms with E-state index in [1.54, 1.807) is 6.08 Å². The van der Waals surface area contributed by atoms with Crippen molar-refractivity contribution in [3.05, 3.63) is 39.5 Å². The van der Waals surface area contributed by atoms with Gasteiger partial charge in [-0.15, -0.1) is 0 Å². The normalized spacial score (nSPS) is 32.1. The minimum absolute atomic E-state index is 0.0185. The van der Waals surface area contributed by atoms with Gasteiger partial charge < -0.3 is 25.2 Å². The molecule has 8 heteroatoms. The molecule has 202 valence electrons. The lowest BCUT2D eigenvalue weighted by atomic mass is 9.45. The first kappa shape index (κ1) is 26.9. The van der Waals surface area contributed by atoms with Crippen LogP contribution in [0, 0.1) is 32.7 Å². The number of aliphatic hydroxyl groups excluding tert-OH is 2. The standard InChI is InChI=1S/C29H39IN2O5/c1-29(2)20-10-9-18(21(29)15-20)16-32(28(36)17-7-8-17)23-13-19(27(35)31-11-12-33)14-25(26(23)34)37-24-6-4-3-5-22(24)30/h3-6,14,17-18,20-21,23,25-26,33-34H,7-13,15-16H2,1-2H3,(H,31,35)/t18-,20-,21-,23+,25-,26-/m0/s1. The predicted octanol–water partition coefficient (Wildman–Crippen LogP) is 3.52. The number of carbonyl (C=O) groups excluding carboxylic acids is 2. The van der Waals surface area contributed by atoms with Gasteiger partial charge in [0, 0.05) is 31.0 Å². The van der Waals surface area contributed by atoms with E-state index < -0.39 is 18.2 Å². The van der Waals surface area contributed by atoms with Crippen LogP contribution in [0.25, 0.3) is 0 Å². The molecular formula is C29H39IN2O5. The average molecular weight is 623 g/mol. The van der Waals surface area contributed by atoms with Gasteiger partial charge in [0.15, 0.2) is 0 Å². The third kappa shape index (κ3) is 5.43. The molecule has 6 atom stereocenters. The fourth-order valence-electron chi connectivity index (χ4n) is 6.85. The molecule has 2 bridgehead atoms. The van der Waals surface area contributed by atoms with Gasteiger partial charge in [0.25, 0.3) is 0 Å². The molecule has 7 nitrogen and oxygen atoms in total. The fourth-order valence-corrected chi connectivity index (χ4v) is 7.37. The molecule has 0 spiro atoms. The van der Waals surface area contributed by atoms with Crippen LogP contribution in [0.15, 0.2) is 35.9 Å². The van der Waals surface area contributed by atoms with Crippen molar-refractivity contribution in [3.63, 3.8) is 0 Å². The molecule has 0 saturated heterocycles. The minimum Gasteiger partial charge on any atom is -0.482 e. The summed E-state index contributed by atoms with van der Waals surface area (Å²) in [6.07, 6.45) is 5.54. The highest BCUT2D eigenvalue weighted by Crippen LogP contribution is 2.61. The second kappa shape index (κ2) is 10.8. The Morgan fingerprint density at radius 2 is 1.95 bits per heavy atom. The number of para-hydroxylation sites is 1. The molecule has 0 heterocycles. The lowest BCUT2D eigenvalue weighted by Crippen LogP contribution is -2.59. The van der Waals surface area contributed by atoms with Crippen LogP contribution in [0.4, 0.5) is 0 Å². The van der Waals surface area contributed by atoms with Crippen LogP contribution in [0.5, 0.6) is 5.75 Å². The van der Waals surface area contributed by atoms with Gasteiger partial charge in [-0.3, -0.25) is 9.59 Å². The Morgan fingerprint density at radius 1 is 1.19 bits per heavy atom. The van der Waals surface area contributed by atoms with Crippen LogP contribution in [0.3, 0.4) is 0 Å². The summed E-state index contributed by atoms with van der Waals surface area (Å²) in [6.45, 7) is 5.34. The highest BCUT2D eigenvalue weighted by molar-refractivity contribution is 14.1. The van der Waals surface area contributed by atoms with Crippen molar-refractivity contribution in [2.45, 2.75) is 70.6 Å². The average Bonchev–Trinajstić information content (AvgIpc) is 3.73. The summed E-state index contributed by atoms with van der Waals surface area (Å²) < 4.78 is 7.18. The first-order valence-electron chi connectivity index (χ1n) is 13.7. The Labute approximate surface area is 233 Å². The van der Waals surface area contributed by atoms with E-state index in [0.717, 1.165) is 28.8 Å². The minimum atomic E-state index is -0.959. The number of benzene rings is 1. The summed E-state index contributed by atoms with van der Waals surface area (Å²) in [6, 6.07) is 7.04. The molecular weight excluding hydrogens is 583 g/mol. The van der Waals surface area contributed by atoms with Crippen molar-refractivity contribution in [2.24, 2.45) is 29.1 Å². The maximum Gasteiger partial charge on any atom is 0.247 e. The molecule has 1 aromatic carbocycles. The first-order chi connectivity index (χ1) is 17.7. The van der Waals surface area contributed by atoms with Gasteiger partial charge in [-0.2, -0.15) is 0 Å². The van der Waals surface area contributed by atoms with Gasteiger partial charge in [-0.25, -0.2) is 0 Å². The Morgan fingerprint density at radius 3 is 2.59 bits per heavy atom. The summed E-state index contributed by atoms with van der Waals surface area (Å²) in [7, 11) is 0. The Hall–Kier alpha value is -1.65. The molecule has 0 aliphatic heterocycles. The molecule has 5 aliphatic carbocycles. The molecule has 6 rings (SSSR count). The highest BCUT2D eigenvalue weighted by Gasteiger charge is 2.55. The number of amides is 2. The zero-order chi connectivity index (χ0) is 26.3. The maximum absolute atomic E-state index is 13.7. The fraction of sp³-hybridized carbons (Fsp3) is 0.655. The van der Waals surface area contributed by atoms with Gasteiger partial charge in [0.05, 0.1) is 16.2 Å². The van der Waals surface area contributed by atoms with E-state index in [1.165, 1.54) is 12.8 Å². The lowest BCUT2D eigenvalue weighted by molar-refractivity contribution is -0.149. The second-order valence-electron chi connectivity index (χ2n) is 11.9. The Bertz CT molecular complexity index is 1050. The van der Waals surface area contributed by atoms with Gasteiger partial charge in [-0.05, 0) is 96.1 Å². The van der Waals surface area contributed by atoms with Crippen molar-refractivity contribution < 1.29 is 24.5 Å². The molecule has 5 aliphatic rings. The first-order valence-corrected chi connectivity index (χ1v) is 14.8. The molecule has 3 N–H and O–H groups in total. The van der Waals surface area contributed by atoms with Crippen LogP contribution < -0.4 is 10.1 Å². The van der Waals surface area contributed by atoms with E-state index in [1.807, 2.05) is 29.2 Å². The molecule has 37 heavy (non-hydrogen) atoms. The van der Waals surface area contributed by atoms with E-state index in [2.05, 4.69) is 41.8 Å². The number of carbonyl (C=O) groups is 2. The topological polar surface area (TPSA) is 99.1 Å². The van der Waals surface area contributed by atoms with Gasteiger partial charge in [0.2, 0.25) is 11.8 Å². The van der Waals surface area contributed by atoms with E-state index in [4.69, 9.17) is 4.74 Å². The third-order valence-corrected chi connectivity index (χ3v) is 10.2. The zero-order valence-corrected chi connectivity index (χ0v) is 23.9. The highest BCUT2D eigenvalue weighted by atomic mass is 127. The molecule has 0 aromatic heterocycles. The van der Waals surface area contributed by atoms with E-state index in [-0.39, 0.29) is 37.3 Å².